The maximum Gasteiger partial charge on any atom is 0.315 e. The molecule has 0 saturated heterocycles. The van der Waals surface area contributed by atoms with E-state index in [0.29, 0.717) is 18.4 Å². The monoisotopic (exact) mass is 359 g/mol. The molecule has 5 heteroatoms. The van der Waals surface area contributed by atoms with Crippen LogP contribution in [0.2, 0.25) is 0 Å². The van der Waals surface area contributed by atoms with Gasteiger partial charge in [-0.05, 0) is 36.3 Å². The molecule has 0 bridgehead atoms. The van der Waals surface area contributed by atoms with Crippen LogP contribution in [0.1, 0.15) is 67.1 Å². The summed E-state index contributed by atoms with van der Waals surface area (Å²) in [6.07, 6.45) is 2.94. The fourth-order valence-electron chi connectivity index (χ4n) is 2.75. The molecule has 2 amide bonds. The van der Waals surface area contributed by atoms with Crippen molar-refractivity contribution in [1.29, 1.82) is 0 Å². The molecule has 1 heterocycles. The number of aryl methyl sites for hydroxylation is 1. The Kier molecular flexibility index (Phi) is 7.00. The number of urea groups is 1. The van der Waals surface area contributed by atoms with Crippen molar-refractivity contribution in [3.8, 4) is 0 Å². The van der Waals surface area contributed by atoms with E-state index >= 15 is 0 Å². The molecule has 0 spiro atoms. The molecular weight excluding hydrogens is 330 g/mol. The zero-order chi connectivity index (χ0) is 18.4. The van der Waals surface area contributed by atoms with E-state index in [1.807, 2.05) is 13.1 Å². The van der Waals surface area contributed by atoms with E-state index in [4.69, 9.17) is 0 Å². The Balaban J connectivity index is 1.98. The topological polar surface area (TPSA) is 54.0 Å². The fourth-order valence-corrected chi connectivity index (χ4v) is 3.48. The van der Waals surface area contributed by atoms with Gasteiger partial charge in [-0.15, -0.1) is 11.3 Å². The minimum absolute atomic E-state index is 0.00539. The van der Waals surface area contributed by atoms with Crippen molar-refractivity contribution >= 4 is 17.4 Å². The third-order valence-electron chi connectivity index (χ3n) is 4.52. The van der Waals surface area contributed by atoms with Crippen molar-refractivity contribution in [2.24, 2.45) is 5.92 Å². The van der Waals surface area contributed by atoms with Gasteiger partial charge in [-0.1, -0.05) is 52.0 Å². The average molecular weight is 360 g/mol. The Morgan fingerprint density at radius 3 is 2.32 bits per heavy atom. The van der Waals surface area contributed by atoms with Crippen LogP contribution >= 0.6 is 11.3 Å². The van der Waals surface area contributed by atoms with Gasteiger partial charge >= 0.3 is 6.03 Å². The van der Waals surface area contributed by atoms with Crippen LogP contribution in [0.4, 0.5) is 4.79 Å². The van der Waals surface area contributed by atoms with E-state index in [1.165, 1.54) is 5.56 Å². The summed E-state index contributed by atoms with van der Waals surface area (Å²) in [5, 5.41) is 7.05. The van der Waals surface area contributed by atoms with Crippen LogP contribution in [-0.2, 0) is 6.54 Å². The Hall–Kier alpha value is -1.88. The van der Waals surface area contributed by atoms with E-state index in [-0.39, 0.29) is 12.1 Å². The summed E-state index contributed by atoms with van der Waals surface area (Å²) in [6, 6.07) is 8.49. The van der Waals surface area contributed by atoms with Crippen LogP contribution < -0.4 is 10.6 Å². The van der Waals surface area contributed by atoms with E-state index in [1.54, 1.807) is 11.3 Å². The predicted octanol–water partition coefficient (Wildman–Crippen LogP) is 5.16. The molecule has 136 valence electrons. The largest absolute Gasteiger partial charge is 0.333 e. The van der Waals surface area contributed by atoms with Crippen LogP contribution in [0.3, 0.4) is 0 Å². The zero-order valence-electron chi connectivity index (χ0n) is 15.8. The highest BCUT2D eigenvalue weighted by Gasteiger charge is 2.18. The molecule has 1 aromatic carbocycles. The second-order valence-corrected chi connectivity index (χ2v) is 8.19. The third kappa shape index (κ3) is 5.56. The molecule has 2 aromatic rings. The average Bonchev–Trinajstić information content (AvgIpc) is 3.02. The molecule has 0 fully saturated rings. The van der Waals surface area contributed by atoms with Gasteiger partial charge in [0.25, 0.3) is 0 Å². The molecule has 0 aliphatic heterocycles. The lowest BCUT2D eigenvalue weighted by Crippen LogP contribution is -2.39. The summed E-state index contributed by atoms with van der Waals surface area (Å²) in [7, 11) is 0. The lowest BCUT2D eigenvalue weighted by Gasteiger charge is -2.23. The quantitative estimate of drug-likeness (QED) is 0.717. The SMILES string of the molecule is CCC(C)c1ccc(C(NC(=O)NCc2cnc(C)s2)C(C)C)cc1. The van der Waals surface area contributed by atoms with Crippen LogP contribution in [0.25, 0.3) is 0 Å². The summed E-state index contributed by atoms with van der Waals surface area (Å²) < 4.78 is 0. The van der Waals surface area contributed by atoms with Gasteiger partial charge in [0, 0.05) is 11.1 Å². The smallest absolute Gasteiger partial charge is 0.315 e. The molecule has 4 nitrogen and oxygen atoms in total. The highest BCUT2D eigenvalue weighted by molar-refractivity contribution is 7.11. The summed E-state index contributed by atoms with van der Waals surface area (Å²) in [5.41, 5.74) is 2.49. The molecule has 2 unspecified atom stereocenters. The number of benzene rings is 1. The van der Waals surface area contributed by atoms with Crippen molar-refractivity contribution in [2.45, 2.75) is 59.5 Å². The van der Waals surface area contributed by atoms with Gasteiger partial charge in [0.05, 0.1) is 17.6 Å². The lowest BCUT2D eigenvalue weighted by molar-refractivity contribution is 0.233. The van der Waals surface area contributed by atoms with Crippen LogP contribution in [-0.4, -0.2) is 11.0 Å². The Bertz CT molecular complexity index is 679. The minimum Gasteiger partial charge on any atom is -0.333 e. The molecule has 0 aliphatic carbocycles. The molecule has 0 radical (unpaired) electrons. The number of carbonyl (C=O) groups excluding carboxylic acids is 1. The highest BCUT2D eigenvalue weighted by atomic mass is 32.1. The van der Waals surface area contributed by atoms with Gasteiger partial charge in [-0.2, -0.15) is 0 Å². The van der Waals surface area contributed by atoms with E-state index in [9.17, 15) is 4.79 Å². The number of thiazole rings is 1. The van der Waals surface area contributed by atoms with Crippen molar-refractivity contribution in [2.75, 3.05) is 0 Å². The maximum absolute atomic E-state index is 12.3. The number of hydrogen-bond acceptors (Lipinski definition) is 3. The van der Waals surface area contributed by atoms with E-state index in [2.05, 4.69) is 67.6 Å². The fraction of sp³-hybridized carbons (Fsp3) is 0.500. The first-order chi connectivity index (χ1) is 11.9. The standard InChI is InChI=1S/C20H29N3OS/c1-6-14(4)16-7-9-17(10-8-16)19(13(2)3)23-20(24)22-12-18-11-21-15(5)25-18/h7-11,13-14,19H,6,12H2,1-5H3,(H2,22,23,24). The number of carbonyl (C=O) groups is 1. The molecule has 0 aliphatic rings. The number of nitrogens with zero attached hydrogens (tertiary/aromatic N) is 1. The van der Waals surface area contributed by atoms with Crippen LogP contribution in [0, 0.1) is 12.8 Å². The summed E-state index contributed by atoms with van der Waals surface area (Å²) in [4.78, 5) is 17.6. The lowest BCUT2D eigenvalue weighted by atomic mass is 9.92. The van der Waals surface area contributed by atoms with Gasteiger partial charge in [0.15, 0.2) is 0 Å². The Morgan fingerprint density at radius 1 is 1.16 bits per heavy atom. The number of aromatic nitrogens is 1. The van der Waals surface area contributed by atoms with Gasteiger partial charge in [0.2, 0.25) is 0 Å². The Morgan fingerprint density at radius 2 is 1.80 bits per heavy atom. The van der Waals surface area contributed by atoms with Crippen molar-refractivity contribution in [3.05, 3.63) is 51.5 Å². The summed E-state index contributed by atoms with van der Waals surface area (Å²) >= 11 is 1.60. The first-order valence-electron chi connectivity index (χ1n) is 8.96. The maximum atomic E-state index is 12.3. The third-order valence-corrected chi connectivity index (χ3v) is 5.44. The van der Waals surface area contributed by atoms with Crippen molar-refractivity contribution in [3.63, 3.8) is 0 Å². The van der Waals surface area contributed by atoms with Gasteiger partial charge in [0.1, 0.15) is 0 Å². The van der Waals surface area contributed by atoms with Crippen LogP contribution in [0.15, 0.2) is 30.5 Å². The number of rotatable bonds is 7. The second kappa shape index (κ2) is 8.99. The van der Waals surface area contributed by atoms with Crippen molar-refractivity contribution < 1.29 is 4.79 Å². The molecule has 2 atom stereocenters. The first kappa shape index (κ1) is 19.4. The molecule has 25 heavy (non-hydrogen) atoms. The molecule has 0 saturated carbocycles. The zero-order valence-corrected chi connectivity index (χ0v) is 16.6. The molecule has 2 N–H and O–H groups in total. The predicted molar refractivity (Wildman–Crippen MR) is 105 cm³/mol. The van der Waals surface area contributed by atoms with Crippen LogP contribution in [0.5, 0.6) is 0 Å². The van der Waals surface area contributed by atoms with Crippen molar-refractivity contribution in [1.82, 2.24) is 15.6 Å². The summed E-state index contributed by atoms with van der Waals surface area (Å²) in [6.45, 7) is 11.2. The van der Waals surface area contributed by atoms with Gasteiger partial charge < -0.3 is 10.6 Å². The normalized spacial score (nSPS) is 13.5. The molecule has 2 rings (SSSR count). The first-order valence-corrected chi connectivity index (χ1v) is 9.77. The minimum atomic E-state index is -0.143. The Labute approximate surface area is 155 Å². The summed E-state index contributed by atoms with van der Waals surface area (Å²) in [5.74, 6) is 0.872. The van der Waals surface area contributed by atoms with Gasteiger partial charge in [-0.25, -0.2) is 9.78 Å². The number of nitrogens with one attached hydrogen (secondary N) is 2. The van der Waals surface area contributed by atoms with E-state index < -0.39 is 0 Å². The van der Waals surface area contributed by atoms with Gasteiger partial charge in [-0.3, -0.25) is 0 Å². The van der Waals surface area contributed by atoms with E-state index in [0.717, 1.165) is 21.9 Å². The highest BCUT2D eigenvalue weighted by Crippen LogP contribution is 2.25. The molecule has 1 aromatic heterocycles. The molecular formula is C20H29N3OS. The second-order valence-electron chi connectivity index (χ2n) is 6.87. The number of hydrogen-bond donors (Lipinski definition) is 2. The number of amides is 2.